The van der Waals surface area contributed by atoms with E-state index in [1.165, 1.54) is 103 Å². The van der Waals surface area contributed by atoms with Crippen molar-refractivity contribution in [2.24, 2.45) is 0 Å². The lowest BCUT2D eigenvalue weighted by Crippen LogP contribution is -1.87. The zero-order chi connectivity index (χ0) is 16.3. The first kappa shape index (κ1) is 22.1. The van der Waals surface area contributed by atoms with Crippen LogP contribution in [0.1, 0.15) is 117 Å². The van der Waals surface area contributed by atoms with E-state index in [1.807, 2.05) is 0 Å². The Hall–Kier alpha value is 0.100. The molecule has 0 aliphatic carbocycles. The maximum Gasteiger partial charge on any atom is 0.338 e. The number of hydrogen-bond donors (Lipinski definition) is 0. The molecule has 0 radical (unpaired) electrons. The van der Waals surface area contributed by atoms with Crippen LogP contribution in [0.25, 0.3) is 0 Å². The standard InChI is InChI=1S/C20H42OP/c1-3-5-7-9-11-13-15-17-19-22(21)20-18-16-14-12-10-8-6-4-2/h3-20H2,1-2H3/q+1. The Morgan fingerprint density at radius 3 is 1.05 bits per heavy atom. The average molecular weight is 330 g/mol. The minimum absolute atomic E-state index is 0.891. The molecule has 0 aliphatic rings. The summed E-state index contributed by atoms with van der Waals surface area (Å²) in [5.41, 5.74) is 0. The van der Waals surface area contributed by atoms with Crippen LogP contribution < -0.4 is 0 Å². The molecule has 0 saturated carbocycles. The smallest absolute Gasteiger partial charge is 0.0748 e. The Labute approximate surface area is 141 Å². The molecular formula is C20H42OP+. The first-order chi connectivity index (χ1) is 10.8. The van der Waals surface area contributed by atoms with E-state index in [2.05, 4.69) is 13.8 Å². The highest BCUT2D eigenvalue weighted by Crippen LogP contribution is 2.25. The van der Waals surface area contributed by atoms with Crippen molar-refractivity contribution in [1.82, 2.24) is 0 Å². The van der Waals surface area contributed by atoms with Crippen molar-refractivity contribution < 1.29 is 4.57 Å². The molecule has 0 aromatic carbocycles. The summed E-state index contributed by atoms with van der Waals surface area (Å²) in [7, 11) is -0.891. The molecule has 0 aromatic heterocycles. The first-order valence-electron chi connectivity index (χ1n) is 10.2. The van der Waals surface area contributed by atoms with Crippen molar-refractivity contribution in [2.45, 2.75) is 117 Å². The summed E-state index contributed by atoms with van der Waals surface area (Å²) in [5.74, 6) is 0. The van der Waals surface area contributed by atoms with E-state index >= 15 is 0 Å². The van der Waals surface area contributed by atoms with E-state index < -0.39 is 7.80 Å². The van der Waals surface area contributed by atoms with Gasteiger partial charge in [-0.3, -0.25) is 0 Å². The molecule has 0 unspecified atom stereocenters. The maximum atomic E-state index is 11.9. The van der Waals surface area contributed by atoms with Gasteiger partial charge in [-0.1, -0.05) is 95.5 Å². The molecule has 132 valence electrons. The molecule has 0 heterocycles. The fourth-order valence-electron chi connectivity index (χ4n) is 2.96. The second-order valence-electron chi connectivity index (χ2n) is 6.88. The van der Waals surface area contributed by atoms with E-state index in [1.54, 1.807) is 0 Å². The van der Waals surface area contributed by atoms with E-state index in [4.69, 9.17) is 0 Å². The van der Waals surface area contributed by atoms with Gasteiger partial charge < -0.3 is 0 Å². The summed E-state index contributed by atoms with van der Waals surface area (Å²) in [6.45, 7) is 4.53. The van der Waals surface area contributed by atoms with Gasteiger partial charge in [0, 0.05) is 0 Å². The molecule has 0 aliphatic heterocycles. The lowest BCUT2D eigenvalue weighted by molar-refractivity contribution is 0.566. The molecule has 0 bridgehead atoms. The van der Waals surface area contributed by atoms with E-state index in [-0.39, 0.29) is 0 Å². The Balaban J connectivity index is 3.13. The highest BCUT2D eigenvalue weighted by atomic mass is 31.1. The van der Waals surface area contributed by atoms with E-state index in [9.17, 15) is 4.57 Å². The van der Waals surface area contributed by atoms with Crippen LogP contribution in [0.3, 0.4) is 0 Å². The van der Waals surface area contributed by atoms with Gasteiger partial charge in [0.15, 0.2) is 0 Å². The molecule has 0 N–H and O–H groups in total. The van der Waals surface area contributed by atoms with Crippen molar-refractivity contribution in [3.63, 3.8) is 0 Å². The first-order valence-corrected chi connectivity index (χ1v) is 11.9. The van der Waals surface area contributed by atoms with Gasteiger partial charge in [-0.25, -0.2) is 0 Å². The lowest BCUT2D eigenvalue weighted by atomic mass is 10.1. The second kappa shape index (κ2) is 19.1. The summed E-state index contributed by atoms with van der Waals surface area (Å²) in [6, 6.07) is 0. The summed E-state index contributed by atoms with van der Waals surface area (Å²) in [5, 5.41) is 0. The molecule has 0 atom stereocenters. The van der Waals surface area contributed by atoms with Gasteiger partial charge in [-0.2, -0.15) is 0 Å². The molecule has 0 aromatic rings. The highest BCUT2D eigenvalue weighted by molar-refractivity contribution is 7.44. The number of hydrogen-bond acceptors (Lipinski definition) is 1. The fraction of sp³-hybridized carbons (Fsp3) is 1.00. The van der Waals surface area contributed by atoms with Gasteiger partial charge in [0.2, 0.25) is 0 Å². The third kappa shape index (κ3) is 18.1. The lowest BCUT2D eigenvalue weighted by Gasteiger charge is -1.99. The average Bonchev–Trinajstić information content (AvgIpc) is 2.52. The zero-order valence-corrected chi connectivity index (χ0v) is 16.5. The Morgan fingerprint density at radius 1 is 0.455 bits per heavy atom. The topological polar surface area (TPSA) is 17.1 Å². The SMILES string of the molecule is CCCCCCCCCC[P+](=O)CCCCCCCCCC. The molecule has 0 fully saturated rings. The third-order valence-corrected chi connectivity index (χ3v) is 6.15. The zero-order valence-electron chi connectivity index (χ0n) is 15.6. The molecule has 0 spiro atoms. The summed E-state index contributed by atoms with van der Waals surface area (Å²) < 4.78 is 11.9. The van der Waals surface area contributed by atoms with Crippen LogP contribution in [0.2, 0.25) is 0 Å². The monoisotopic (exact) mass is 329 g/mol. The van der Waals surface area contributed by atoms with Crippen LogP contribution in [0.5, 0.6) is 0 Å². The molecule has 0 rings (SSSR count). The molecule has 1 nitrogen and oxygen atoms in total. The second-order valence-corrected chi connectivity index (χ2v) is 8.74. The maximum absolute atomic E-state index is 11.9. The number of unbranched alkanes of at least 4 members (excludes halogenated alkanes) is 14. The van der Waals surface area contributed by atoms with Gasteiger partial charge >= 0.3 is 7.80 Å². The highest BCUT2D eigenvalue weighted by Gasteiger charge is 2.13. The van der Waals surface area contributed by atoms with Gasteiger partial charge in [0.05, 0.1) is 0 Å². The van der Waals surface area contributed by atoms with Crippen molar-refractivity contribution in [2.75, 3.05) is 12.3 Å². The van der Waals surface area contributed by atoms with Crippen molar-refractivity contribution in [3.05, 3.63) is 0 Å². The van der Waals surface area contributed by atoms with Crippen LogP contribution in [-0.2, 0) is 4.57 Å². The minimum Gasteiger partial charge on any atom is -0.0748 e. The minimum atomic E-state index is -0.891. The van der Waals surface area contributed by atoms with Gasteiger partial charge in [-0.05, 0) is 25.7 Å². The predicted octanol–water partition coefficient (Wildman–Crippen LogP) is 8.10. The Kier molecular flexibility index (Phi) is 19.2. The molecule has 0 saturated heterocycles. The van der Waals surface area contributed by atoms with Crippen LogP contribution in [0.4, 0.5) is 0 Å². The fourth-order valence-corrected chi connectivity index (χ4v) is 4.33. The summed E-state index contributed by atoms with van der Waals surface area (Å²) in [4.78, 5) is 0. The third-order valence-electron chi connectivity index (χ3n) is 4.52. The quantitative estimate of drug-likeness (QED) is 0.183. The molecular weight excluding hydrogens is 287 g/mol. The van der Waals surface area contributed by atoms with Crippen molar-refractivity contribution >= 4 is 7.80 Å². The van der Waals surface area contributed by atoms with Crippen LogP contribution in [-0.4, -0.2) is 12.3 Å². The summed E-state index contributed by atoms with van der Waals surface area (Å²) in [6.07, 6.45) is 23.5. The van der Waals surface area contributed by atoms with E-state index in [0.29, 0.717) is 0 Å². The Bertz CT molecular complexity index is 206. The summed E-state index contributed by atoms with van der Waals surface area (Å²) >= 11 is 0. The van der Waals surface area contributed by atoms with E-state index in [0.717, 1.165) is 12.3 Å². The predicted molar refractivity (Wildman–Crippen MR) is 103 cm³/mol. The van der Waals surface area contributed by atoms with Crippen LogP contribution in [0.15, 0.2) is 0 Å². The van der Waals surface area contributed by atoms with Crippen LogP contribution in [0, 0.1) is 0 Å². The van der Waals surface area contributed by atoms with Crippen molar-refractivity contribution in [3.8, 4) is 0 Å². The van der Waals surface area contributed by atoms with Gasteiger partial charge in [0.25, 0.3) is 0 Å². The van der Waals surface area contributed by atoms with Crippen molar-refractivity contribution in [1.29, 1.82) is 0 Å². The normalized spacial score (nSPS) is 11.0. The molecule has 0 amide bonds. The molecule has 22 heavy (non-hydrogen) atoms. The van der Waals surface area contributed by atoms with Gasteiger partial charge in [0.1, 0.15) is 12.3 Å². The largest absolute Gasteiger partial charge is 0.338 e. The van der Waals surface area contributed by atoms with Gasteiger partial charge in [-0.15, -0.1) is 0 Å². The Morgan fingerprint density at radius 2 is 0.727 bits per heavy atom. The molecule has 2 heteroatoms. The number of rotatable bonds is 18. The van der Waals surface area contributed by atoms with Crippen LogP contribution >= 0.6 is 7.80 Å².